The van der Waals surface area contributed by atoms with Crippen LogP contribution in [0.25, 0.3) is 0 Å². The summed E-state index contributed by atoms with van der Waals surface area (Å²) in [5, 5.41) is 12.0. The molecule has 4 aliphatic rings. The van der Waals surface area contributed by atoms with Gasteiger partial charge in [-0.1, -0.05) is 0 Å². The first kappa shape index (κ1) is 12.6. The Morgan fingerprint density at radius 2 is 1.75 bits per heavy atom. The lowest BCUT2D eigenvalue weighted by atomic mass is 9.53. The molecule has 5 rings (SSSR count). The van der Waals surface area contributed by atoms with Crippen molar-refractivity contribution < 1.29 is 0 Å². The van der Waals surface area contributed by atoms with Crippen molar-refractivity contribution in [1.29, 1.82) is 0 Å². The predicted octanol–water partition coefficient (Wildman–Crippen LogP) is 1.75. The minimum absolute atomic E-state index is 0.279. The van der Waals surface area contributed by atoms with Gasteiger partial charge in [-0.25, -0.2) is 0 Å². The van der Waals surface area contributed by atoms with Crippen LogP contribution in [0.2, 0.25) is 0 Å². The van der Waals surface area contributed by atoms with Crippen LogP contribution in [-0.4, -0.2) is 28.4 Å². The molecule has 0 amide bonds. The average Bonchev–Trinajstić information content (AvgIpc) is 2.81. The highest BCUT2D eigenvalue weighted by Crippen LogP contribution is 2.59. The van der Waals surface area contributed by atoms with Crippen molar-refractivity contribution in [3.8, 4) is 0 Å². The highest BCUT2D eigenvalue weighted by Gasteiger charge is 2.53. The van der Waals surface area contributed by atoms with Crippen molar-refractivity contribution in [3.63, 3.8) is 0 Å². The average molecular weight is 275 g/mol. The smallest absolute Gasteiger partial charge is 0.224 e. The van der Waals surface area contributed by atoms with Crippen LogP contribution in [0.15, 0.2) is 0 Å². The van der Waals surface area contributed by atoms with E-state index in [1.54, 1.807) is 0 Å². The Hall–Kier alpha value is -1.10. The number of nitrogens with one attached hydrogen (secondary N) is 1. The quantitative estimate of drug-likeness (QED) is 0.878. The van der Waals surface area contributed by atoms with E-state index in [1.165, 1.54) is 38.5 Å². The maximum absolute atomic E-state index is 5.77. The molecule has 4 fully saturated rings. The molecular weight excluding hydrogens is 250 g/mol. The van der Waals surface area contributed by atoms with Gasteiger partial charge in [0.15, 0.2) is 0 Å². The largest absolute Gasteiger partial charge is 0.357 e. The number of rotatable bonds is 4. The van der Waals surface area contributed by atoms with E-state index < -0.39 is 0 Å². The number of nitrogens with two attached hydrogens (primary N) is 1. The lowest BCUT2D eigenvalue weighted by Gasteiger charge is -2.57. The van der Waals surface area contributed by atoms with Gasteiger partial charge in [0.2, 0.25) is 5.95 Å². The Balaban J connectivity index is 1.78. The fourth-order valence-electron chi connectivity index (χ4n) is 5.61. The summed E-state index contributed by atoms with van der Waals surface area (Å²) in [7, 11) is 1.95. The molecule has 4 saturated carbocycles. The molecule has 1 aromatic rings. The summed E-state index contributed by atoms with van der Waals surface area (Å²) in [5.41, 5.74) is 6.05. The maximum Gasteiger partial charge on any atom is 0.224 e. The fourth-order valence-corrected chi connectivity index (χ4v) is 5.61. The molecule has 1 heterocycles. The maximum atomic E-state index is 5.77. The van der Waals surface area contributed by atoms with E-state index in [4.69, 9.17) is 5.73 Å². The molecule has 3 N–H and O–H groups in total. The van der Waals surface area contributed by atoms with Gasteiger partial charge in [-0.3, -0.25) is 4.57 Å². The van der Waals surface area contributed by atoms with Gasteiger partial charge in [-0.15, -0.1) is 10.2 Å². The zero-order valence-corrected chi connectivity index (χ0v) is 12.3. The molecule has 1 aromatic heterocycles. The minimum Gasteiger partial charge on any atom is -0.357 e. The van der Waals surface area contributed by atoms with Crippen molar-refractivity contribution in [2.24, 2.45) is 23.5 Å². The number of aromatic nitrogens is 3. The van der Waals surface area contributed by atoms with Gasteiger partial charge >= 0.3 is 0 Å². The molecule has 0 unspecified atom stereocenters. The van der Waals surface area contributed by atoms with Crippen LogP contribution in [-0.2, 0) is 12.0 Å². The highest BCUT2D eigenvalue weighted by molar-refractivity contribution is 5.29. The van der Waals surface area contributed by atoms with Crippen LogP contribution < -0.4 is 11.1 Å². The third-order valence-electron chi connectivity index (χ3n) is 5.80. The van der Waals surface area contributed by atoms with E-state index >= 15 is 0 Å². The lowest BCUT2D eigenvalue weighted by molar-refractivity contribution is -0.0434. The molecular formula is C15H25N5. The summed E-state index contributed by atoms with van der Waals surface area (Å²) in [6.45, 7) is 0.647. The molecule has 0 aromatic carbocycles. The number of anilines is 1. The van der Waals surface area contributed by atoms with Crippen LogP contribution in [0, 0.1) is 17.8 Å². The monoisotopic (exact) mass is 275 g/mol. The van der Waals surface area contributed by atoms with Gasteiger partial charge in [0.1, 0.15) is 5.82 Å². The molecule has 0 saturated heterocycles. The Bertz CT molecular complexity index is 471. The van der Waals surface area contributed by atoms with Gasteiger partial charge < -0.3 is 11.1 Å². The molecule has 4 bridgehead atoms. The standard InChI is InChI=1S/C15H25N5/c1-17-14-19-18-13(2-3-16)20(14)15-7-10-4-11(8-15)6-12(5-10)9-15/h10-12H,2-9,16H2,1H3,(H,17,19). The van der Waals surface area contributed by atoms with Gasteiger partial charge in [0.05, 0.1) is 5.54 Å². The Kier molecular flexibility index (Phi) is 2.81. The summed E-state index contributed by atoms with van der Waals surface area (Å²) >= 11 is 0. The van der Waals surface area contributed by atoms with E-state index in [2.05, 4.69) is 20.1 Å². The molecule has 110 valence electrons. The van der Waals surface area contributed by atoms with Crippen molar-refractivity contribution in [3.05, 3.63) is 5.82 Å². The topological polar surface area (TPSA) is 68.8 Å². The molecule has 20 heavy (non-hydrogen) atoms. The minimum atomic E-state index is 0.279. The van der Waals surface area contributed by atoms with Crippen molar-refractivity contribution in [1.82, 2.24) is 14.8 Å². The summed E-state index contributed by atoms with van der Waals surface area (Å²) in [6, 6.07) is 0. The third kappa shape index (κ3) is 1.72. The zero-order chi connectivity index (χ0) is 13.7. The second-order valence-electron chi connectivity index (χ2n) is 7.21. The summed E-state index contributed by atoms with van der Waals surface area (Å²) in [5.74, 6) is 4.81. The first-order chi connectivity index (χ1) is 9.74. The number of hydrogen-bond acceptors (Lipinski definition) is 4. The van der Waals surface area contributed by atoms with Crippen LogP contribution in [0.4, 0.5) is 5.95 Å². The second-order valence-corrected chi connectivity index (χ2v) is 7.21. The molecule has 5 nitrogen and oxygen atoms in total. The molecule has 0 atom stereocenters. The van der Waals surface area contributed by atoms with Gasteiger partial charge in [-0.2, -0.15) is 0 Å². The predicted molar refractivity (Wildman–Crippen MR) is 78.5 cm³/mol. The zero-order valence-electron chi connectivity index (χ0n) is 12.3. The van der Waals surface area contributed by atoms with E-state index in [1.807, 2.05) is 7.05 Å². The van der Waals surface area contributed by atoms with Crippen LogP contribution in [0.5, 0.6) is 0 Å². The van der Waals surface area contributed by atoms with Crippen molar-refractivity contribution in [2.45, 2.75) is 50.5 Å². The fraction of sp³-hybridized carbons (Fsp3) is 0.867. The second kappa shape index (κ2) is 4.45. The molecule has 0 spiro atoms. The van der Waals surface area contributed by atoms with Gasteiger partial charge in [0, 0.05) is 13.5 Å². The van der Waals surface area contributed by atoms with Crippen LogP contribution in [0.3, 0.4) is 0 Å². The molecule has 0 radical (unpaired) electrons. The van der Waals surface area contributed by atoms with Crippen molar-refractivity contribution in [2.75, 3.05) is 18.9 Å². The number of hydrogen-bond donors (Lipinski definition) is 2. The normalized spacial score (nSPS) is 38.4. The summed E-state index contributed by atoms with van der Waals surface area (Å²) in [4.78, 5) is 0. The van der Waals surface area contributed by atoms with E-state index in [-0.39, 0.29) is 5.54 Å². The van der Waals surface area contributed by atoms with Crippen LogP contribution >= 0.6 is 0 Å². The Morgan fingerprint density at radius 1 is 1.15 bits per heavy atom. The first-order valence-electron chi connectivity index (χ1n) is 8.06. The van der Waals surface area contributed by atoms with E-state index in [9.17, 15) is 0 Å². The molecule has 0 aliphatic heterocycles. The SMILES string of the molecule is CNc1nnc(CCN)n1C12CC3CC(CC(C3)C1)C2. The number of nitrogens with zero attached hydrogens (tertiary/aromatic N) is 3. The Labute approximate surface area is 120 Å². The van der Waals surface area contributed by atoms with Crippen LogP contribution in [0.1, 0.15) is 44.3 Å². The van der Waals surface area contributed by atoms with E-state index in [0.717, 1.165) is 35.9 Å². The van der Waals surface area contributed by atoms with Gasteiger partial charge in [0.25, 0.3) is 0 Å². The summed E-state index contributed by atoms with van der Waals surface area (Å²) in [6.07, 6.45) is 9.18. The van der Waals surface area contributed by atoms with Crippen molar-refractivity contribution >= 4 is 5.95 Å². The first-order valence-corrected chi connectivity index (χ1v) is 8.06. The molecule has 4 aliphatic carbocycles. The molecule has 5 heteroatoms. The Morgan fingerprint density at radius 3 is 2.25 bits per heavy atom. The lowest BCUT2D eigenvalue weighted by Crippen LogP contribution is -2.52. The third-order valence-corrected chi connectivity index (χ3v) is 5.80. The highest BCUT2D eigenvalue weighted by atomic mass is 15.4. The van der Waals surface area contributed by atoms with E-state index in [0.29, 0.717) is 6.54 Å². The van der Waals surface area contributed by atoms with Gasteiger partial charge in [-0.05, 0) is 62.8 Å². The summed E-state index contributed by atoms with van der Waals surface area (Å²) < 4.78 is 2.43.